The van der Waals surface area contributed by atoms with Gasteiger partial charge in [0.05, 0.1) is 5.69 Å². The summed E-state index contributed by atoms with van der Waals surface area (Å²) in [5, 5.41) is 14.1. The maximum absolute atomic E-state index is 9.92. The quantitative estimate of drug-likeness (QED) is 0.765. The van der Waals surface area contributed by atoms with Crippen LogP contribution in [0.15, 0.2) is 12.3 Å². The molecule has 0 aromatic carbocycles. The van der Waals surface area contributed by atoms with E-state index < -0.39 is 5.60 Å². The fourth-order valence-corrected chi connectivity index (χ4v) is 1.59. The zero-order chi connectivity index (χ0) is 9.47. The largest absolute Gasteiger partial charge is 0.384 e. The zero-order valence-electron chi connectivity index (χ0n) is 8.20. The lowest BCUT2D eigenvalue weighted by atomic mass is 10.2. The number of rotatable bonds is 3. The van der Waals surface area contributed by atoms with Crippen molar-refractivity contribution in [3.8, 4) is 0 Å². The van der Waals surface area contributed by atoms with Gasteiger partial charge in [0.15, 0.2) is 0 Å². The Morgan fingerprint density at radius 2 is 2.31 bits per heavy atom. The van der Waals surface area contributed by atoms with Gasteiger partial charge in [0, 0.05) is 12.7 Å². The summed E-state index contributed by atoms with van der Waals surface area (Å²) in [6.45, 7) is 5.20. The first-order chi connectivity index (χ1) is 6.12. The molecule has 0 unspecified atom stereocenters. The third-order valence-corrected chi connectivity index (χ3v) is 2.46. The lowest BCUT2D eigenvalue weighted by Gasteiger charge is -2.13. The monoisotopic (exact) mass is 180 g/mol. The maximum Gasteiger partial charge on any atom is 0.106 e. The van der Waals surface area contributed by atoms with Gasteiger partial charge in [-0.3, -0.25) is 4.68 Å². The lowest BCUT2D eigenvalue weighted by Crippen LogP contribution is -2.16. The van der Waals surface area contributed by atoms with Gasteiger partial charge in [0.25, 0.3) is 0 Å². The van der Waals surface area contributed by atoms with Crippen molar-refractivity contribution < 1.29 is 5.11 Å². The highest BCUT2D eigenvalue weighted by molar-refractivity contribution is 5.18. The molecule has 0 atom stereocenters. The second-order valence-electron chi connectivity index (χ2n) is 4.32. The molecule has 1 aliphatic rings. The van der Waals surface area contributed by atoms with Crippen LogP contribution in [0.2, 0.25) is 0 Å². The van der Waals surface area contributed by atoms with Crippen LogP contribution in [0.5, 0.6) is 0 Å². The summed E-state index contributed by atoms with van der Waals surface area (Å²) in [5.41, 5.74) is 0.437. The van der Waals surface area contributed by atoms with E-state index >= 15 is 0 Å². The molecule has 0 saturated heterocycles. The minimum absolute atomic E-state index is 0.550. The van der Waals surface area contributed by atoms with Crippen LogP contribution in [0.25, 0.3) is 0 Å². The molecule has 1 N–H and O–H groups in total. The number of hydrogen-bond acceptors (Lipinski definition) is 2. The van der Waals surface area contributed by atoms with E-state index in [-0.39, 0.29) is 0 Å². The maximum atomic E-state index is 9.92. The average Bonchev–Trinajstić information content (AvgIpc) is 2.62. The van der Waals surface area contributed by atoms with Gasteiger partial charge in [-0.15, -0.1) is 0 Å². The van der Waals surface area contributed by atoms with Crippen LogP contribution in [-0.2, 0) is 12.1 Å². The van der Waals surface area contributed by atoms with Crippen molar-refractivity contribution in [2.75, 3.05) is 0 Å². The van der Waals surface area contributed by atoms with E-state index in [1.807, 2.05) is 10.7 Å². The third kappa shape index (κ3) is 1.61. The second kappa shape index (κ2) is 2.84. The van der Waals surface area contributed by atoms with Gasteiger partial charge < -0.3 is 5.11 Å². The molecule has 0 aliphatic heterocycles. The van der Waals surface area contributed by atoms with Crippen molar-refractivity contribution in [2.45, 2.75) is 38.8 Å². The van der Waals surface area contributed by atoms with E-state index in [1.165, 1.54) is 0 Å². The molecule has 1 fully saturated rings. The molecule has 1 saturated carbocycles. The molecule has 0 amide bonds. The van der Waals surface area contributed by atoms with Crippen LogP contribution in [0, 0.1) is 5.92 Å². The summed E-state index contributed by atoms with van der Waals surface area (Å²) in [7, 11) is 0. The van der Waals surface area contributed by atoms with Gasteiger partial charge >= 0.3 is 0 Å². The van der Waals surface area contributed by atoms with Gasteiger partial charge in [-0.2, -0.15) is 5.10 Å². The van der Waals surface area contributed by atoms with Crippen molar-refractivity contribution >= 4 is 0 Å². The Labute approximate surface area is 78.4 Å². The Morgan fingerprint density at radius 1 is 1.62 bits per heavy atom. The Hall–Kier alpha value is -0.830. The molecule has 13 heavy (non-hydrogen) atoms. The van der Waals surface area contributed by atoms with E-state index in [9.17, 15) is 5.11 Å². The number of aliphatic hydroxyl groups is 1. The lowest BCUT2D eigenvalue weighted by molar-refractivity contribution is 0.138. The summed E-state index contributed by atoms with van der Waals surface area (Å²) in [6, 6.07) is 1.93. The molecular formula is C10H16N2O. The van der Waals surface area contributed by atoms with Crippen molar-refractivity contribution in [2.24, 2.45) is 5.92 Å². The second-order valence-corrected chi connectivity index (χ2v) is 4.32. The molecule has 1 aromatic heterocycles. The van der Waals surface area contributed by atoms with Gasteiger partial charge in [-0.25, -0.2) is 0 Å². The predicted octanol–water partition coefficient (Wildman–Crippen LogP) is 1.52. The highest BCUT2D eigenvalue weighted by Crippen LogP contribution is 2.45. The molecule has 0 spiro atoms. The summed E-state index contributed by atoms with van der Waals surface area (Å²) >= 11 is 0. The molecule has 3 nitrogen and oxygen atoms in total. The summed E-state index contributed by atoms with van der Waals surface area (Å²) in [5.74, 6) is 0.570. The summed E-state index contributed by atoms with van der Waals surface area (Å²) in [4.78, 5) is 0. The molecule has 0 radical (unpaired) electrons. The van der Waals surface area contributed by atoms with Crippen LogP contribution in [0.3, 0.4) is 0 Å². The molecule has 72 valence electrons. The number of nitrogens with zero attached hydrogens (tertiary/aromatic N) is 2. The Balaban J connectivity index is 2.21. The van der Waals surface area contributed by atoms with Gasteiger partial charge in [-0.1, -0.05) is 13.8 Å². The van der Waals surface area contributed by atoms with Crippen molar-refractivity contribution in [1.29, 1.82) is 0 Å². The van der Waals surface area contributed by atoms with E-state index in [0.717, 1.165) is 25.1 Å². The smallest absolute Gasteiger partial charge is 0.106 e. The van der Waals surface area contributed by atoms with E-state index in [0.29, 0.717) is 5.92 Å². The fourth-order valence-electron chi connectivity index (χ4n) is 1.59. The van der Waals surface area contributed by atoms with Crippen LogP contribution in [-0.4, -0.2) is 14.9 Å². The van der Waals surface area contributed by atoms with Crippen LogP contribution < -0.4 is 0 Å². The van der Waals surface area contributed by atoms with Crippen molar-refractivity contribution in [3.05, 3.63) is 18.0 Å². The molecule has 0 bridgehead atoms. The minimum Gasteiger partial charge on any atom is -0.384 e. The standard InChI is InChI=1S/C10H16N2O/c1-8(2)7-12-9(3-6-11-12)10(13)4-5-10/h3,6,8,13H,4-5,7H2,1-2H3. The minimum atomic E-state index is -0.550. The van der Waals surface area contributed by atoms with E-state index in [1.54, 1.807) is 6.20 Å². The third-order valence-electron chi connectivity index (χ3n) is 2.46. The molecule has 3 heteroatoms. The van der Waals surface area contributed by atoms with Crippen molar-refractivity contribution in [1.82, 2.24) is 9.78 Å². The predicted molar refractivity (Wildman–Crippen MR) is 50.2 cm³/mol. The van der Waals surface area contributed by atoms with Gasteiger partial charge in [0.2, 0.25) is 0 Å². The molecular weight excluding hydrogens is 164 g/mol. The number of hydrogen-bond donors (Lipinski definition) is 1. The topological polar surface area (TPSA) is 38.0 Å². The Bertz CT molecular complexity index is 300. The normalized spacial score (nSPS) is 19.4. The number of aromatic nitrogens is 2. The van der Waals surface area contributed by atoms with Gasteiger partial charge in [0.1, 0.15) is 5.60 Å². The Kier molecular flexibility index (Phi) is 1.91. The Morgan fingerprint density at radius 3 is 2.85 bits per heavy atom. The van der Waals surface area contributed by atoms with E-state index in [4.69, 9.17) is 0 Å². The molecule has 1 aliphatic carbocycles. The summed E-state index contributed by atoms with van der Waals surface area (Å²) < 4.78 is 1.93. The van der Waals surface area contributed by atoms with Gasteiger partial charge in [-0.05, 0) is 24.8 Å². The highest BCUT2D eigenvalue weighted by Gasteiger charge is 2.44. The first-order valence-electron chi connectivity index (χ1n) is 4.86. The first kappa shape index (κ1) is 8.75. The van der Waals surface area contributed by atoms with Crippen LogP contribution in [0.4, 0.5) is 0 Å². The average molecular weight is 180 g/mol. The zero-order valence-corrected chi connectivity index (χ0v) is 8.20. The summed E-state index contributed by atoms with van der Waals surface area (Å²) in [6.07, 6.45) is 3.54. The fraction of sp³-hybridized carbons (Fsp3) is 0.700. The van der Waals surface area contributed by atoms with E-state index in [2.05, 4.69) is 18.9 Å². The van der Waals surface area contributed by atoms with Crippen LogP contribution >= 0.6 is 0 Å². The van der Waals surface area contributed by atoms with Crippen molar-refractivity contribution in [3.63, 3.8) is 0 Å². The SMILES string of the molecule is CC(C)Cn1nccc1C1(O)CC1. The highest BCUT2D eigenvalue weighted by atomic mass is 16.3. The van der Waals surface area contributed by atoms with Crippen LogP contribution in [0.1, 0.15) is 32.4 Å². The molecule has 2 rings (SSSR count). The molecule has 1 heterocycles. The first-order valence-corrected chi connectivity index (χ1v) is 4.86. The molecule has 1 aromatic rings.